The number of aromatic amines is 1. The molecule has 3 aromatic carbocycles. The molecule has 0 aliphatic heterocycles. The second kappa shape index (κ2) is 6.70. The summed E-state index contributed by atoms with van der Waals surface area (Å²) < 4.78 is 0. The number of carbonyl (C=O) groups is 1. The zero-order valence-corrected chi connectivity index (χ0v) is 14.6. The van der Waals surface area contributed by atoms with Gasteiger partial charge in [-0.2, -0.15) is 0 Å². The number of aromatic nitrogens is 1. The topological polar surface area (TPSA) is 53.1 Å². The normalized spacial score (nSPS) is 11.0. The maximum Gasteiger partial charge on any atom is 0.307 e. The second-order valence-electron chi connectivity index (χ2n) is 6.15. The van der Waals surface area contributed by atoms with E-state index in [-0.39, 0.29) is 6.42 Å². The Morgan fingerprint density at radius 1 is 0.846 bits per heavy atom. The lowest BCUT2D eigenvalue weighted by Crippen LogP contribution is -2.00. The van der Waals surface area contributed by atoms with Gasteiger partial charge < -0.3 is 10.1 Å². The monoisotopic (exact) mass is 361 g/mol. The molecule has 1 heterocycles. The minimum Gasteiger partial charge on any atom is -0.481 e. The van der Waals surface area contributed by atoms with Crippen molar-refractivity contribution in [3.8, 4) is 22.4 Å². The van der Waals surface area contributed by atoms with Crippen molar-refractivity contribution in [2.45, 2.75) is 6.42 Å². The van der Waals surface area contributed by atoms with Crippen LogP contribution in [-0.2, 0) is 11.2 Å². The Morgan fingerprint density at radius 2 is 1.50 bits per heavy atom. The molecule has 0 spiro atoms. The molecule has 0 radical (unpaired) electrons. The maximum atomic E-state index is 11.4. The lowest BCUT2D eigenvalue weighted by atomic mass is 9.99. The number of benzene rings is 3. The Bertz CT molecular complexity index is 1080. The number of H-pyrrole nitrogens is 1. The van der Waals surface area contributed by atoms with E-state index in [1.165, 1.54) is 0 Å². The highest BCUT2D eigenvalue weighted by Crippen LogP contribution is 2.35. The number of rotatable bonds is 4. The summed E-state index contributed by atoms with van der Waals surface area (Å²) in [6.07, 6.45) is -0.0594. The average Bonchev–Trinajstić information content (AvgIpc) is 3.02. The number of hydrogen-bond acceptors (Lipinski definition) is 1. The number of nitrogens with one attached hydrogen (secondary N) is 1. The van der Waals surface area contributed by atoms with Gasteiger partial charge in [0.05, 0.1) is 22.7 Å². The molecule has 2 N–H and O–H groups in total. The van der Waals surface area contributed by atoms with Crippen LogP contribution in [0.2, 0.25) is 5.02 Å². The molecule has 128 valence electrons. The number of para-hydroxylation sites is 1. The van der Waals surface area contributed by atoms with Crippen LogP contribution in [0.15, 0.2) is 72.8 Å². The van der Waals surface area contributed by atoms with Crippen LogP contribution in [0.25, 0.3) is 33.3 Å². The first kappa shape index (κ1) is 16.4. The van der Waals surface area contributed by atoms with Crippen molar-refractivity contribution in [2.75, 3.05) is 0 Å². The summed E-state index contributed by atoms with van der Waals surface area (Å²) in [7, 11) is 0. The minimum atomic E-state index is -0.868. The van der Waals surface area contributed by atoms with Crippen LogP contribution in [0.5, 0.6) is 0 Å². The summed E-state index contributed by atoms with van der Waals surface area (Å²) in [6.45, 7) is 0. The van der Waals surface area contributed by atoms with Gasteiger partial charge in [0.2, 0.25) is 0 Å². The van der Waals surface area contributed by atoms with Crippen molar-refractivity contribution < 1.29 is 9.90 Å². The first-order valence-electron chi connectivity index (χ1n) is 8.30. The van der Waals surface area contributed by atoms with Gasteiger partial charge in [-0.3, -0.25) is 4.79 Å². The third-order valence-corrected chi connectivity index (χ3v) is 4.81. The SMILES string of the molecule is O=C(O)Cc1c(-c2ccc(-c3ccccc3)cc2)[nH]c2c(Cl)cccc12. The van der Waals surface area contributed by atoms with E-state index in [1.807, 2.05) is 54.6 Å². The van der Waals surface area contributed by atoms with Crippen LogP contribution in [0.4, 0.5) is 0 Å². The number of halogens is 1. The average molecular weight is 362 g/mol. The van der Waals surface area contributed by atoms with E-state index in [0.717, 1.165) is 38.9 Å². The Kier molecular flexibility index (Phi) is 4.23. The summed E-state index contributed by atoms with van der Waals surface area (Å²) in [5.74, 6) is -0.868. The molecule has 0 unspecified atom stereocenters. The van der Waals surface area contributed by atoms with E-state index in [2.05, 4.69) is 17.1 Å². The van der Waals surface area contributed by atoms with Crippen LogP contribution in [-0.4, -0.2) is 16.1 Å². The smallest absolute Gasteiger partial charge is 0.307 e. The molecule has 0 bridgehead atoms. The number of fused-ring (bicyclic) bond motifs is 1. The molecule has 4 aromatic rings. The lowest BCUT2D eigenvalue weighted by molar-refractivity contribution is -0.136. The summed E-state index contributed by atoms with van der Waals surface area (Å²) in [5.41, 5.74) is 5.52. The molecule has 4 heteroatoms. The van der Waals surface area contributed by atoms with Crippen molar-refractivity contribution in [3.63, 3.8) is 0 Å². The fourth-order valence-corrected chi connectivity index (χ4v) is 3.50. The van der Waals surface area contributed by atoms with Crippen LogP contribution < -0.4 is 0 Å². The molecule has 0 saturated carbocycles. The minimum absolute atomic E-state index is 0.0594. The van der Waals surface area contributed by atoms with Crippen LogP contribution in [0.3, 0.4) is 0 Å². The summed E-state index contributed by atoms with van der Waals surface area (Å²) >= 11 is 6.29. The third kappa shape index (κ3) is 2.98. The zero-order valence-electron chi connectivity index (χ0n) is 13.9. The molecular formula is C22H16ClNO2. The Labute approximate surface area is 155 Å². The van der Waals surface area contributed by atoms with Crippen molar-refractivity contribution in [3.05, 3.63) is 83.4 Å². The first-order chi connectivity index (χ1) is 12.6. The van der Waals surface area contributed by atoms with Crippen LogP contribution in [0, 0.1) is 0 Å². The van der Waals surface area contributed by atoms with E-state index < -0.39 is 5.97 Å². The van der Waals surface area contributed by atoms with Crippen molar-refractivity contribution in [1.29, 1.82) is 0 Å². The Balaban J connectivity index is 1.83. The molecule has 0 aliphatic carbocycles. The zero-order chi connectivity index (χ0) is 18.1. The molecule has 0 saturated heterocycles. The second-order valence-corrected chi connectivity index (χ2v) is 6.56. The molecule has 1 aromatic heterocycles. The lowest BCUT2D eigenvalue weighted by Gasteiger charge is -2.06. The van der Waals surface area contributed by atoms with Gasteiger partial charge in [0.15, 0.2) is 0 Å². The molecule has 0 amide bonds. The third-order valence-electron chi connectivity index (χ3n) is 4.50. The molecule has 3 nitrogen and oxygen atoms in total. The predicted octanol–water partition coefficient (Wildman–Crippen LogP) is 5.78. The maximum absolute atomic E-state index is 11.4. The number of aliphatic carboxylic acids is 1. The highest BCUT2D eigenvalue weighted by Gasteiger charge is 2.17. The standard InChI is InChI=1S/C22H16ClNO2/c23-19-8-4-7-17-18(13-20(25)26)21(24-22(17)19)16-11-9-15(10-12-16)14-5-2-1-3-6-14/h1-12,24H,13H2,(H,25,26). The van der Waals surface area contributed by atoms with Gasteiger partial charge in [0.1, 0.15) is 0 Å². The molecule has 0 aliphatic rings. The quantitative estimate of drug-likeness (QED) is 0.484. The largest absolute Gasteiger partial charge is 0.481 e. The van der Waals surface area contributed by atoms with E-state index in [0.29, 0.717) is 5.02 Å². The van der Waals surface area contributed by atoms with E-state index in [1.54, 1.807) is 6.07 Å². The van der Waals surface area contributed by atoms with E-state index >= 15 is 0 Å². The van der Waals surface area contributed by atoms with E-state index in [4.69, 9.17) is 11.6 Å². The van der Waals surface area contributed by atoms with Crippen LogP contribution >= 0.6 is 11.6 Å². The van der Waals surface area contributed by atoms with Gasteiger partial charge in [-0.25, -0.2) is 0 Å². The van der Waals surface area contributed by atoms with E-state index in [9.17, 15) is 9.90 Å². The summed E-state index contributed by atoms with van der Waals surface area (Å²) in [4.78, 5) is 14.7. The summed E-state index contributed by atoms with van der Waals surface area (Å²) in [5, 5.41) is 10.8. The van der Waals surface area contributed by atoms with Gasteiger partial charge >= 0.3 is 5.97 Å². The molecule has 0 fully saturated rings. The van der Waals surface area contributed by atoms with Crippen molar-refractivity contribution in [1.82, 2.24) is 4.98 Å². The molecule has 4 rings (SSSR count). The molecule has 26 heavy (non-hydrogen) atoms. The van der Waals surface area contributed by atoms with Gasteiger partial charge in [0.25, 0.3) is 0 Å². The number of carboxylic acid groups (broad SMARTS) is 1. The number of carboxylic acids is 1. The fraction of sp³-hybridized carbons (Fsp3) is 0.0455. The predicted molar refractivity (Wildman–Crippen MR) is 106 cm³/mol. The molecular weight excluding hydrogens is 346 g/mol. The Morgan fingerprint density at radius 3 is 2.19 bits per heavy atom. The van der Waals surface area contributed by atoms with Crippen LogP contribution in [0.1, 0.15) is 5.56 Å². The van der Waals surface area contributed by atoms with Crippen molar-refractivity contribution in [2.24, 2.45) is 0 Å². The highest BCUT2D eigenvalue weighted by molar-refractivity contribution is 6.35. The fourth-order valence-electron chi connectivity index (χ4n) is 3.28. The molecule has 0 atom stereocenters. The highest BCUT2D eigenvalue weighted by atomic mass is 35.5. The van der Waals surface area contributed by atoms with Gasteiger partial charge in [-0.1, -0.05) is 78.3 Å². The van der Waals surface area contributed by atoms with Crippen molar-refractivity contribution >= 4 is 28.5 Å². The number of hydrogen-bond donors (Lipinski definition) is 2. The van der Waals surface area contributed by atoms with Gasteiger partial charge in [-0.05, 0) is 28.3 Å². The summed E-state index contributed by atoms with van der Waals surface area (Å²) in [6, 6.07) is 23.8. The first-order valence-corrected chi connectivity index (χ1v) is 8.68. The van der Waals surface area contributed by atoms with Gasteiger partial charge in [-0.15, -0.1) is 0 Å². The Hall–Kier alpha value is -3.04. The van der Waals surface area contributed by atoms with Gasteiger partial charge in [0, 0.05) is 5.39 Å².